The molecular formula is C17H22NO3Y-. The fourth-order valence-electron chi connectivity index (χ4n) is 2.48. The molecule has 1 heterocycles. The third-order valence-corrected chi connectivity index (χ3v) is 3.65. The van der Waals surface area contributed by atoms with E-state index in [0.29, 0.717) is 13.0 Å². The molecule has 117 valence electrons. The molecule has 1 atom stereocenters. The second kappa shape index (κ2) is 8.80. The fraction of sp³-hybridized carbons (Fsp3) is 0.471. The molecule has 1 amide bonds. The number of aryl methyl sites for hydroxylation is 1. The van der Waals surface area contributed by atoms with Crippen molar-refractivity contribution in [3.8, 4) is 5.75 Å². The average molecular weight is 377 g/mol. The molecule has 22 heavy (non-hydrogen) atoms. The molecule has 4 nitrogen and oxygen atoms in total. The first-order valence-corrected chi connectivity index (χ1v) is 7.23. The van der Waals surface area contributed by atoms with Crippen LogP contribution in [0.15, 0.2) is 18.2 Å². The van der Waals surface area contributed by atoms with Gasteiger partial charge in [-0.25, -0.2) is 6.08 Å². The number of hydrogen-bond donors (Lipinski definition) is 0. The van der Waals surface area contributed by atoms with Crippen molar-refractivity contribution in [1.82, 2.24) is 4.90 Å². The first-order chi connectivity index (χ1) is 10.1. The van der Waals surface area contributed by atoms with Gasteiger partial charge in [-0.05, 0) is 19.1 Å². The smallest absolute Gasteiger partial charge is 0.225 e. The molecule has 0 N–H and O–H groups in total. The molecule has 5 heteroatoms. The van der Waals surface area contributed by atoms with Crippen LogP contribution in [0.2, 0.25) is 0 Å². The van der Waals surface area contributed by atoms with Crippen molar-refractivity contribution in [1.29, 1.82) is 0 Å². The van der Waals surface area contributed by atoms with Crippen LogP contribution in [0.25, 0.3) is 5.70 Å². The first kappa shape index (κ1) is 19.3. The van der Waals surface area contributed by atoms with Gasteiger partial charge in [0.25, 0.3) is 0 Å². The molecule has 1 aliphatic rings. The van der Waals surface area contributed by atoms with E-state index in [-0.39, 0.29) is 51.3 Å². The molecule has 1 unspecified atom stereocenters. The van der Waals surface area contributed by atoms with Crippen molar-refractivity contribution < 1.29 is 47.0 Å². The molecular weight excluding hydrogens is 355 g/mol. The summed E-state index contributed by atoms with van der Waals surface area (Å²) in [5.74, 6) is 0.945. The van der Waals surface area contributed by atoms with Gasteiger partial charge in [-0.3, -0.25) is 4.79 Å². The number of rotatable bonds is 5. The summed E-state index contributed by atoms with van der Waals surface area (Å²) in [5, 5.41) is 0. The average Bonchev–Trinajstić information content (AvgIpc) is 2.48. The summed E-state index contributed by atoms with van der Waals surface area (Å²) in [6.07, 6.45) is 4.05. The summed E-state index contributed by atoms with van der Waals surface area (Å²) < 4.78 is 10.3. The quantitative estimate of drug-likeness (QED) is 0.585. The van der Waals surface area contributed by atoms with Crippen LogP contribution in [-0.4, -0.2) is 31.3 Å². The second-order valence-corrected chi connectivity index (χ2v) is 5.24. The number of ether oxygens (including phenoxy) is 2. The number of carbonyl (C=O) groups excluding carboxylic acids is 1. The predicted molar refractivity (Wildman–Crippen MR) is 81.5 cm³/mol. The van der Waals surface area contributed by atoms with E-state index in [9.17, 15) is 4.79 Å². The van der Waals surface area contributed by atoms with E-state index in [1.54, 1.807) is 7.11 Å². The molecule has 2 rings (SSSR count). The molecule has 1 aromatic rings. The number of amides is 1. The Labute approximate surface area is 157 Å². The van der Waals surface area contributed by atoms with Gasteiger partial charge >= 0.3 is 0 Å². The van der Waals surface area contributed by atoms with Gasteiger partial charge in [-0.15, -0.1) is 22.9 Å². The Hall–Kier alpha value is -0.706. The number of nitrogens with zero attached hydrogens (tertiary/aromatic N) is 1. The molecule has 0 saturated heterocycles. The van der Waals surface area contributed by atoms with E-state index in [2.05, 4.69) is 6.08 Å². The predicted octanol–water partition coefficient (Wildman–Crippen LogP) is 3.01. The summed E-state index contributed by atoms with van der Waals surface area (Å²) >= 11 is 0. The van der Waals surface area contributed by atoms with Gasteiger partial charge in [0.1, 0.15) is 5.75 Å². The SMILES string of the molecule is CCN1C(=O)C(C)C[C-]=C1c1ccc(OCOC)cc1C.[Y]. The second-order valence-electron chi connectivity index (χ2n) is 5.24. The van der Waals surface area contributed by atoms with E-state index in [1.807, 2.05) is 43.9 Å². The molecule has 1 aromatic carbocycles. The monoisotopic (exact) mass is 377 g/mol. The Morgan fingerprint density at radius 1 is 1.41 bits per heavy atom. The van der Waals surface area contributed by atoms with Crippen LogP contribution in [0.1, 0.15) is 31.4 Å². The summed E-state index contributed by atoms with van der Waals surface area (Å²) in [6, 6.07) is 5.83. The maximum absolute atomic E-state index is 12.3. The van der Waals surface area contributed by atoms with Gasteiger partial charge in [-0.2, -0.15) is 0 Å². The molecule has 0 bridgehead atoms. The largest absolute Gasteiger partial charge is 0.468 e. The van der Waals surface area contributed by atoms with E-state index < -0.39 is 0 Å². The molecule has 1 radical (unpaired) electrons. The Balaban J connectivity index is 0.00000242. The van der Waals surface area contributed by atoms with Gasteiger partial charge in [0.15, 0.2) is 6.79 Å². The Morgan fingerprint density at radius 3 is 2.73 bits per heavy atom. The number of carbonyl (C=O) groups is 1. The first-order valence-electron chi connectivity index (χ1n) is 7.23. The molecule has 1 aliphatic heterocycles. The van der Waals surface area contributed by atoms with Crippen LogP contribution in [-0.2, 0) is 42.2 Å². The minimum absolute atomic E-state index is 0. The van der Waals surface area contributed by atoms with Crippen LogP contribution in [0.3, 0.4) is 0 Å². The topological polar surface area (TPSA) is 38.8 Å². The third-order valence-electron chi connectivity index (χ3n) is 3.65. The summed E-state index contributed by atoms with van der Waals surface area (Å²) in [7, 11) is 1.59. The van der Waals surface area contributed by atoms with E-state index >= 15 is 0 Å². The third kappa shape index (κ3) is 4.18. The number of benzene rings is 1. The molecule has 0 aromatic heterocycles. The van der Waals surface area contributed by atoms with Crippen molar-refractivity contribution in [2.45, 2.75) is 27.2 Å². The maximum Gasteiger partial charge on any atom is 0.225 e. The molecule has 0 saturated carbocycles. The zero-order valence-electron chi connectivity index (χ0n) is 13.7. The molecule has 0 aliphatic carbocycles. The van der Waals surface area contributed by atoms with Gasteiger partial charge in [0.2, 0.25) is 5.91 Å². The standard InChI is InChI=1S/C17H22NO3.Y/c1-5-18-16(9-6-12(2)17(18)19)15-8-7-14(10-13(15)3)21-11-20-4;/h7-8,10,12H,5-6,11H2,1-4H3;/q-1;. The normalized spacial score (nSPS) is 17.8. The number of methoxy groups -OCH3 is 1. The van der Waals surface area contributed by atoms with E-state index in [1.165, 1.54) is 0 Å². The van der Waals surface area contributed by atoms with Crippen LogP contribution >= 0.6 is 0 Å². The van der Waals surface area contributed by atoms with Crippen molar-refractivity contribution >= 4 is 11.6 Å². The van der Waals surface area contributed by atoms with Crippen LogP contribution in [0.5, 0.6) is 5.75 Å². The maximum atomic E-state index is 12.3. The van der Waals surface area contributed by atoms with Crippen molar-refractivity contribution in [3.63, 3.8) is 0 Å². The van der Waals surface area contributed by atoms with Crippen LogP contribution in [0.4, 0.5) is 0 Å². The number of hydrogen-bond acceptors (Lipinski definition) is 3. The molecule has 0 fully saturated rings. The Bertz CT molecular complexity index is 557. The minimum Gasteiger partial charge on any atom is -0.468 e. The van der Waals surface area contributed by atoms with Gasteiger partial charge in [0, 0.05) is 52.3 Å². The van der Waals surface area contributed by atoms with Crippen molar-refractivity contribution in [3.05, 3.63) is 35.4 Å². The fourth-order valence-corrected chi connectivity index (χ4v) is 2.48. The minimum atomic E-state index is 0. The Kier molecular flexibility index (Phi) is 7.74. The van der Waals surface area contributed by atoms with E-state index in [4.69, 9.17) is 9.47 Å². The van der Waals surface area contributed by atoms with Crippen LogP contribution in [0, 0.1) is 18.9 Å². The summed E-state index contributed by atoms with van der Waals surface area (Å²) in [4.78, 5) is 14.1. The van der Waals surface area contributed by atoms with Gasteiger partial charge in [-0.1, -0.05) is 20.3 Å². The van der Waals surface area contributed by atoms with E-state index in [0.717, 1.165) is 22.6 Å². The van der Waals surface area contributed by atoms with Crippen molar-refractivity contribution in [2.75, 3.05) is 20.4 Å². The number of allylic oxidation sites excluding steroid dienone is 1. The summed E-state index contributed by atoms with van der Waals surface area (Å²) in [6.45, 7) is 6.84. The summed E-state index contributed by atoms with van der Waals surface area (Å²) in [5.41, 5.74) is 2.98. The van der Waals surface area contributed by atoms with Gasteiger partial charge < -0.3 is 14.4 Å². The van der Waals surface area contributed by atoms with Gasteiger partial charge in [0.05, 0.1) is 0 Å². The zero-order chi connectivity index (χ0) is 15.4. The molecule has 0 spiro atoms. The van der Waals surface area contributed by atoms with Crippen LogP contribution < -0.4 is 4.74 Å². The van der Waals surface area contributed by atoms with Crippen molar-refractivity contribution in [2.24, 2.45) is 5.92 Å². The zero-order valence-corrected chi connectivity index (χ0v) is 16.5. The Morgan fingerprint density at radius 2 is 2.14 bits per heavy atom.